The number of pyridine rings is 1. The molecule has 0 unspecified atom stereocenters. The third-order valence-corrected chi connectivity index (χ3v) is 2.98. The third kappa shape index (κ3) is 2.95. The summed E-state index contributed by atoms with van der Waals surface area (Å²) >= 11 is 2.01. The zero-order valence-corrected chi connectivity index (χ0v) is 11.1. The molecule has 0 bridgehead atoms. The number of carboxylic acid groups (broad SMARTS) is 1. The van der Waals surface area contributed by atoms with Crippen LogP contribution in [0.25, 0.3) is 0 Å². The van der Waals surface area contributed by atoms with E-state index in [2.05, 4.69) is 4.98 Å². The van der Waals surface area contributed by atoms with Crippen LogP contribution < -0.4 is 4.74 Å². The highest BCUT2D eigenvalue weighted by molar-refractivity contribution is 14.1. The fourth-order valence-electron chi connectivity index (χ4n) is 1.25. The molecule has 0 saturated heterocycles. The van der Waals surface area contributed by atoms with Crippen LogP contribution in [0, 0.1) is 9.39 Å². The predicted molar refractivity (Wildman–Crippen MR) is 70.4 cm³/mol. The molecule has 6 heteroatoms. The van der Waals surface area contributed by atoms with Gasteiger partial charge < -0.3 is 9.84 Å². The number of rotatable bonds is 3. The molecule has 0 radical (unpaired) electrons. The first-order chi connectivity index (χ1) is 8.56. The predicted octanol–water partition coefficient (Wildman–Crippen LogP) is 3.32. The Labute approximate surface area is 116 Å². The first kappa shape index (κ1) is 12.7. The summed E-state index contributed by atoms with van der Waals surface area (Å²) in [5, 5.41) is 8.88. The number of aromatic nitrogens is 1. The van der Waals surface area contributed by atoms with Crippen molar-refractivity contribution in [2.75, 3.05) is 0 Å². The summed E-state index contributed by atoms with van der Waals surface area (Å²) in [5.74, 6) is -0.925. The van der Waals surface area contributed by atoms with Gasteiger partial charge in [-0.3, -0.25) is 0 Å². The van der Waals surface area contributed by atoms with Crippen molar-refractivity contribution in [3.8, 4) is 11.6 Å². The van der Waals surface area contributed by atoms with Crippen molar-refractivity contribution in [1.29, 1.82) is 0 Å². The van der Waals surface area contributed by atoms with E-state index in [1.807, 2.05) is 22.6 Å². The highest BCUT2D eigenvalue weighted by Crippen LogP contribution is 2.26. The number of benzene rings is 1. The van der Waals surface area contributed by atoms with E-state index in [1.165, 1.54) is 24.3 Å². The fourth-order valence-corrected chi connectivity index (χ4v) is 1.70. The van der Waals surface area contributed by atoms with Crippen LogP contribution in [0.15, 0.2) is 36.5 Å². The second-order valence-corrected chi connectivity index (χ2v) is 4.53. The topological polar surface area (TPSA) is 59.4 Å². The van der Waals surface area contributed by atoms with E-state index in [0.29, 0.717) is 5.75 Å². The molecule has 0 atom stereocenters. The maximum absolute atomic E-state index is 12.7. The van der Waals surface area contributed by atoms with Crippen LogP contribution in [0.1, 0.15) is 10.4 Å². The molecule has 1 aromatic heterocycles. The molecule has 1 aromatic carbocycles. The lowest BCUT2D eigenvalue weighted by Crippen LogP contribution is -1.98. The minimum absolute atomic E-state index is 0.118. The molecule has 0 aliphatic heterocycles. The molecule has 0 fully saturated rings. The molecule has 0 amide bonds. The Morgan fingerprint density at radius 2 is 2.11 bits per heavy atom. The maximum Gasteiger partial charge on any atom is 0.335 e. The molecule has 1 N–H and O–H groups in total. The summed E-state index contributed by atoms with van der Waals surface area (Å²) in [5.41, 5.74) is 0.118. The first-order valence-corrected chi connectivity index (χ1v) is 5.96. The van der Waals surface area contributed by atoms with E-state index < -0.39 is 11.8 Å². The van der Waals surface area contributed by atoms with Gasteiger partial charge in [-0.05, 0) is 46.9 Å². The molecule has 0 aliphatic carbocycles. The molecule has 1 heterocycles. The van der Waals surface area contributed by atoms with Gasteiger partial charge >= 0.3 is 5.97 Å². The summed E-state index contributed by atoms with van der Waals surface area (Å²) < 4.78 is 18.8. The molecule has 0 aliphatic rings. The maximum atomic E-state index is 12.7. The van der Waals surface area contributed by atoms with Gasteiger partial charge in [0.05, 0.1) is 15.3 Å². The SMILES string of the molecule is O=C(O)c1ccc(I)c(Oc2ccc(F)cn2)c1. The van der Waals surface area contributed by atoms with E-state index in [9.17, 15) is 9.18 Å². The number of carboxylic acids is 1. The largest absolute Gasteiger partial charge is 0.478 e. The summed E-state index contributed by atoms with van der Waals surface area (Å²) in [6, 6.07) is 7.10. The van der Waals surface area contributed by atoms with Crippen molar-refractivity contribution >= 4 is 28.6 Å². The summed E-state index contributed by atoms with van der Waals surface area (Å²) in [6.07, 6.45) is 1.03. The lowest BCUT2D eigenvalue weighted by molar-refractivity contribution is 0.0696. The van der Waals surface area contributed by atoms with Crippen LogP contribution in [-0.2, 0) is 0 Å². The smallest absolute Gasteiger partial charge is 0.335 e. The van der Waals surface area contributed by atoms with Crippen LogP contribution in [0.2, 0.25) is 0 Å². The van der Waals surface area contributed by atoms with Crippen molar-refractivity contribution in [3.05, 3.63) is 51.5 Å². The Balaban J connectivity index is 2.30. The standard InChI is InChI=1S/C12H7FINO3/c13-8-2-4-11(15-6-8)18-10-5-7(12(16)17)1-3-9(10)14/h1-6H,(H,16,17). The molecule has 2 rings (SSSR count). The number of carbonyl (C=O) groups is 1. The Kier molecular flexibility index (Phi) is 3.75. The summed E-state index contributed by atoms with van der Waals surface area (Å²) in [7, 11) is 0. The van der Waals surface area contributed by atoms with Gasteiger partial charge in [-0.15, -0.1) is 0 Å². The number of ether oxygens (including phenoxy) is 1. The Bertz CT molecular complexity index is 586. The van der Waals surface area contributed by atoms with E-state index in [4.69, 9.17) is 9.84 Å². The molecule has 92 valence electrons. The van der Waals surface area contributed by atoms with Gasteiger partial charge in [-0.2, -0.15) is 0 Å². The first-order valence-electron chi connectivity index (χ1n) is 4.88. The van der Waals surface area contributed by atoms with Gasteiger partial charge in [-0.1, -0.05) is 0 Å². The normalized spacial score (nSPS) is 10.1. The zero-order chi connectivity index (χ0) is 13.1. The highest BCUT2D eigenvalue weighted by atomic mass is 127. The number of halogens is 2. The van der Waals surface area contributed by atoms with Crippen molar-refractivity contribution in [2.24, 2.45) is 0 Å². The van der Waals surface area contributed by atoms with Gasteiger partial charge in [0.1, 0.15) is 11.6 Å². The lowest BCUT2D eigenvalue weighted by atomic mass is 10.2. The molecule has 0 spiro atoms. The van der Waals surface area contributed by atoms with E-state index in [0.717, 1.165) is 9.77 Å². The van der Waals surface area contributed by atoms with Crippen molar-refractivity contribution in [3.63, 3.8) is 0 Å². The molecule has 2 aromatic rings. The number of hydrogen-bond donors (Lipinski definition) is 1. The van der Waals surface area contributed by atoms with Gasteiger partial charge in [0.2, 0.25) is 5.88 Å². The minimum Gasteiger partial charge on any atom is -0.478 e. The molecular formula is C12H7FINO3. The quantitative estimate of drug-likeness (QED) is 0.855. The van der Waals surface area contributed by atoms with E-state index in [1.54, 1.807) is 6.07 Å². The van der Waals surface area contributed by atoms with Gasteiger partial charge in [0.15, 0.2) is 0 Å². The monoisotopic (exact) mass is 359 g/mol. The molecule has 0 saturated carbocycles. The number of aromatic carboxylic acids is 1. The minimum atomic E-state index is -1.04. The van der Waals surface area contributed by atoms with E-state index >= 15 is 0 Å². The summed E-state index contributed by atoms with van der Waals surface area (Å²) in [6.45, 7) is 0. The average molecular weight is 359 g/mol. The molecule has 18 heavy (non-hydrogen) atoms. The Morgan fingerprint density at radius 1 is 1.33 bits per heavy atom. The van der Waals surface area contributed by atoms with Crippen LogP contribution >= 0.6 is 22.6 Å². The number of nitrogens with zero attached hydrogens (tertiary/aromatic N) is 1. The van der Waals surface area contributed by atoms with Gasteiger partial charge in [0.25, 0.3) is 0 Å². The summed E-state index contributed by atoms with van der Waals surface area (Å²) in [4.78, 5) is 14.6. The lowest BCUT2D eigenvalue weighted by Gasteiger charge is -2.07. The Hall–Kier alpha value is -1.70. The average Bonchev–Trinajstić information content (AvgIpc) is 2.34. The second kappa shape index (κ2) is 5.30. The van der Waals surface area contributed by atoms with Crippen molar-refractivity contribution in [2.45, 2.75) is 0 Å². The van der Waals surface area contributed by atoms with Gasteiger partial charge in [-0.25, -0.2) is 14.2 Å². The molecule has 4 nitrogen and oxygen atoms in total. The molecular weight excluding hydrogens is 352 g/mol. The third-order valence-electron chi connectivity index (χ3n) is 2.09. The highest BCUT2D eigenvalue weighted by Gasteiger charge is 2.09. The van der Waals surface area contributed by atoms with Crippen LogP contribution in [-0.4, -0.2) is 16.1 Å². The van der Waals surface area contributed by atoms with Crippen molar-refractivity contribution in [1.82, 2.24) is 4.98 Å². The second-order valence-electron chi connectivity index (χ2n) is 3.37. The van der Waals surface area contributed by atoms with Crippen molar-refractivity contribution < 1.29 is 19.0 Å². The Morgan fingerprint density at radius 3 is 2.72 bits per heavy atom. The zero-order valence-electron chi connectivity index (χ0n) is 8.93. The van der Waals surface area contributed by atoms with Crippen LogP contribution in [0.5, 0.6) is 11.6 Å². The van der Waals surface area contributed by atoms with Crippen LogP contribution in [0.4, 0.5) is 4.39 Å². The fraction of sp³-hybridized carbons (Fsp3) is 0. The van der Waals surface area contributed by atoms with Gasteiger partial charge in [0, 0.05) is 6.07 Å². The van der Waals surface area contributed by atoms with E-state index in [-0.39, 0.29) is 11.4 Å². The number of hydrogen-bond acceptors (Lipinski definition) is 3. The van der Waals surface area contributed by atoms with Crippen LogP contribution in [0.3, 0.4) is 0 Å².